The van der Waals surface area contributed by atoms with Gasteiger partial charge in [-0.25, -0.2) is 4.98 Å². The van der Waals surface area contributed by atoms with Crippen LogP contribution in [0.1, 0.15) is 22.6 Å². The third kappa shape index (κ3) is 2.80. The fourth-order valence-electron chi connectivity index (χ4n) is 1.94. The molecule has 0 spiro atoms. The maximum absolute atomic E-state index is 11.9. The van der Waals surface area contributed by atoms with Gasteiger partial charge in [0, 0.05) is 12.6 Å². The predicted molar refractivity (Wildman–Crippen MR) is 62.3 cm³/mol. The number of nitrogens with zero attached hydrogens (tertiary/aromatic N) is 3. The average Bonchev–Trinajstić information content (AvgIpc) is 2.75. The van der Waals surface area contributed by atoms with Crippen molar-refractivity contribution in [3.63, 3.8) is 0 Å². The molecule has 17 heavy (non-hydrogen) atoms. The van der Waals surface area contributed by atoms with Crippen molar-refractivity contribution in [2.75, 3.05) is 20.1 Å². The summed E-state index contributed by atoms with van der Waals surface area (Å²) in [7, 11) is 2.03. The number of hydrogen-bond donors (Lipinski definition) is 1. The molecular formula is C12H14N4O. The summed E-state index contributed by atoms with van der Waals surface area (Å²) in [5.74, 6) is -0.206. The summed E-state index contributed by atoms with van der Waals surface area (Å²) >= 11 is 0. The van der Waals surface area contributed by atoms with Gasteiger partial charge in [0.05, 0.1) is 0 Å². The van der Waals surface area contributed by atoms with Gasteiger partial charge in [0.1, 0.15) is 17.5 Å². The number of likely N-dealkylation sites (tertiary alicyclic amines) is 1. The zero-order valence-electron chi connectivity index (χ0n) is 9.68. The Morgan fingerprint density at radius 1 is 1.65 bits per heavy atom. The number of nitrogens with one attached hydrogen (secondary N) is 1. The average molecular weight is 230 g/mol. The Labute approximate surface area is 100 Å². The van der Waals surface area contributed by atoms with E-state index in [-0.39, 0.29) is 17.6 Å². The second-order valence-corrected chi connectivity index (χ2v) is 4.24. The van der Waals surface area contributed by atoms with Crippen LogP contribution < -0.4 is 5.32 Å². The summed E-state index contributed by atoms with van der Waals surface area (Å²) in [4.78, 5) is 18.0. The van der Waals surface area contributed by atoms with Crippen LogP contribution in [0.15, 0.2) is 18.2 Å². The molecule has 1 aromatic heterocycles. The van der Waals surface area contributed by atoms with Crippen LogP contribution in [-0.2, 0) is 0 Å². The number of carbonyl (C=O) groups excluding carboxylic acids is 1. The summed E-state index contributed by atoms with van der Waals surface area (Å²) in [5.41, 5.74) is 0.569. The molecule has 1 atom stereocenters. The van der Waals surface area contributed by atoms with Gasteiger partial charge < -0.3 is 10.2 Å². The van der Waals surface area contributed by atoms with Crippen molar-refractivity contribution < 1.29 is 4.79 Å². The first-order valence-electron chi connectivity index (χ1n) is 5.55. The minimum absolute atomic E-state index is 0.181. The van der Waals surface area contributed by atoms with Crippen molar-refractivity contribution in [1.82, 2.24) is 15.2 Å². The molecule has 1 amide bonds. The summed E-state index contributed by atoms with van der Waals surface area (Å²) in [6, 6.07) is 6.98. The van der Waals surface area contributed by atoms with E-state index < -0.39 is 0 Å². The highest BCUT2D eigenvalue weighted by Gasteiger charge is 2.21. The monoisotopic (exact) mass is 230 g/mol. The fourth-order valence-corrected chi connectivity index (χ4v) is 1.94. The molecule has 0 radical (unpaired) electrons. The lowest BCUT2D eigenvalue weighted by atomic mass is 10.2. The molecule has 1 saturated heterocycles. The van der Waals surface area contributed by atoms with Gasteiger partial charge in [0.15, 0.2) is 0 Å². The third-order valence-electron chi connectivity index (χ3n) is 2.82. The first-order valence-corrected chi connectivity index (χ1v) is 5.55. The molecule has 0 aromatic carbocycles. The van der Waals surface area contributed by atoms with Crippen LogP contribution in [0.3, 0.4) is 0 Å². The number of hydrogen-bond acceptors (Lipinski definition) is 4. The molecule has 1 aliphatic heterocycles. The molecule has 1 fully saturated rings. The Kier molecular flexibility index (Phi) is 3.35. The number of likely N-dealkylation sites (N-methyl/N-ethyl adjacent to an activating group) is 1. The van der Waals surface area contributed by atoms with E-state index in [1.54, 1.807) is 18.2 Å². The van der Waals surface area contributed by atoms with E-state index in [0.717, 1.165) is 19.5 Å². The largest absolute Gasteiger partial charge is 0.347 e. The van der Waals surface area contributed by atoms with Crippen LogP contribution in [0, 0.1) is 11.3 Å². The lowest BCUT2D eigenvalue weighted by molar-refractivity contribution is 0.0933. The maximum atomic E-state index is 11.9. The quantitative estimate of drug-likeness (QED) is 0.797. The Bertz CT molecular complexity index is 466. The fraction of sp³-hybridized carbons (Fsp3) is 0.417. The lowest BCUT2D eigenvalue weighted by Gasteiger charge is -2.12. The van der Waals surface area contributed by atoms with Crippen LogP contribution in [0.25, 0.3) is 0 Å². The van der Waals surface area contributed by atoms with Gasteiger partial charge in [0.25, 0.3) is 5.91 Å². The standard InChI is InChI=1S/C12H14N4O/c1-16-6-5-10(8-16)15-12(17)11-4-2-3-9(7-13)14-11/h2-4,10H,5-6,8H2,1H3,(H,15,17). The van der Waals surface area contributed by atoms with Crippen molar-refractivity contribution in [3.05, 3.63) is 29.6 Å². The predicted octanol–water partition coefficient (Wildman–Crippen LogP) is 0.387. The van der Waals surface area contributed by atoms with Crippen LogP contribution in [-0.4, -0.2) is 42.0 Å². The van der Waals surface area contributed by atoms with E-state index >= 15 is 0 Å². The molecule has 1 aliphatic rings. The van der Waals surface area contributed by atoms with Crippen LogP contribution in [0.2, 0.25) is 0 Å². The lowest BCUT2D eigenvalue weighted by Crippen LogP contribution is -2.36. The van der Waals surface area contributed by atoms with Crippen molar-refractivity contribution in [3.8, 4) is 6.07 Å². The summed E-state index contributed by atoms with van der Waals surface area (Å²) in [6.07, 6.45) is 0.959. The van der Waals surface area contributed by atoms with E-state index in [9.17, 15) is 4.79 Å². The van der Waals surface area contributed by atoms with Gasteiger partial charge in [-0.3, -0.25) is 4.79 Å². The molecule has 88 valence electrons. The van der Waals surface area contributed by atoms with E-state index in [1.165, 1.54) is 0 Å². The second kappa shape index (κ2) is 4.93. The van der Waals surface area contributed by atoms with E-state index in [1.807, 2.05) is 13.1 Å². The SMILES string of the molecule is CN1CCC(NC(=O)c2cccc(C#N)n2)C1. The van der Waals surface area contributed by atoms with E-state index in [4.69, 9.17) is 5.26 Å². The maximum Gasteiger partial charge on any atom is 0.270 e. The number of rotatable bonds is 2. The normalized spacial score (nSPS) is 19.9. The van der Waals surface area contributed by atoms with Gasteiger partial charge in [0.2, 0.25) is 0 Å². The van der Waals surface area contributed by atoms with Gasteiger partial charge in [-0.05, 0) is 32.1 Å². The molecule has 0 saturated carbocycles. The molecule has 0 bridgehead atoms. The van der Waals surface area contributed by atoms with Crippen LogP contribution >= 0.6 is 0 Å². The molecule has 1 unspecified atom stereocenters. The van der Waals surface area contributed by atoms with Gasteiger partial charge in [-0.15, -0.1) is 0 Å². The van der Waals surface area contributed by atoms with Crippen LogP contribution in [0.5, 0.6) is 0 Å². The van der Waals surface area contributed by atoms with E-state index in [0.29, 0.717) is 5.69 Å². The highest BCUT2D eigenvalue weighted by atomic mass is 16.1. The number of carbonyl (C=O) groups is 1. The summed E-state index contributed by atoms with van der Waals surface area (Å²) in [5, 5.41) is 11.6. The Morgan fingerprint density at radius 3 is 3.12 bits per heavy atom. The van der Waals surface area contributed by atoms with Crippen molar-refractivity contribution in [1.29, 1.82) is 5.26 Å². The van der Waals surface area contributed by atoms with E-state index in [2.05, 4.69) is 15.2 Å². The summed E-state index contributed by atoms with van der Waals surface area (Å²) < 4.78 is 0. The zero-order valence-corrected chi connectivity index (χ0v) is 9.68. The first kappa shape index (κ1) is 11.6. The molecule has 1 aromatic rings. The molecule has 0 aliphatic carbocycles. The van der Waals surface area contributed by atoms with Crippen molar-refractivity contribution in [2.24, 2.45) is 0 Å². The molecule has 2 rings (SSSR count). The van der Waals surface area contributed by atoms with Crippen LogP contribution in [0.4, 0.5) is 0 Å². The molecule has 2 heterocycles. The zero-order chi connectivity index (χ0) is 12.3. The molecule has 5 heteroatoms. The topological polar surface area (TPSA) is 69.0 Å². The molecule has 1 N–H and O–H groups in total. The number of pyridine rings is 1. The van der Waals surface area contributed by atoms with Gasteiger partial charge in [-0.1, -0.05) is 6.07 Å². The Hall–Kier alpha value is -1.93. The highest BCUT2D eigenvalue weighted by molar-refractivity contribution is 5.92. The van der Waals surface area contributed by atoms with Crippen molar-refractivity contribution in [2.45, 2.75) is 12.5 Å². The number of amides is 1. The molecule has 5 nitrogen and oxygen atoms in total. The second-order valence-electron chi connectivity index (χ2n) is 4.24. The van der Waals surface area contributed by atoms with Crippen molar-refractivity contribution >= 4 is 5.91 Å². The molecular weight excluding hydrogens is 216 g/mol. The van der Waals surface area contributed by atoms with Gasteiger partial charge in [-0.2, -0.15) is 5.26 Å². The number of aromatic nitrogens is 1. The van der Waals surface area contributed by atoms with Gasteiger partial charge >= 0.3 is 0 Å². The summed E-state index contributed by atoms with van der Waals surface area (Å²) in [6.45, 7) is 1.86. The Morgan fingerprint density at radius 2 is 2.47 bits per heavy atom. The smallest absolute Gasteiger partial charge is 0.270 e. The first-order chi connectivity index (χ1) is 8.19. The minimum Gasteiger partial charge on any atom is -0.347 e. The number of nitriles is 1. The third-order valence-corrected chi connectivity index (χ3v) is 2.82. The minimum atomic E-state index is -0.206. The highest BCUT2D eigenvalue weighted by Crippen LogP contribution is 2.07. The Balaban J connectivity index is 2.02.